The Kier molecular flexibility index (Phi) is 5.91. The molecular formula is C16H20FN3O4S. The highest BCUT2D eigenvalue weighted by Crippen LogP contribution is 2.16. The van der Waals surface area contributed by atoms with Crippen molar-refractivity contribution in [2.75, 3.05) is 6.54 Å². The molecule has 0 saturated carbocycles. The Morgan fingerprint density at radius 1 is 1.36 bits per heavy atom. The summed E-state index contributed by atoms with van der Waals surface area (Å²) in [6, 6.07) is 5.83. The number of rotatable bonds is 8. The minimum atomic E-state index is -3.94. The Bertz CT molecular complexity index is 849. The molecule has 0 aliphatic carbocycles. The molecule has 1 aromatic heterocycles. The molecular weight excluding hydrogens is 349 g/mol. The Hall–Kier alpha value is -2.26. The average molecular weight is 369 g/mol. The number of nitrogens with zero attached hydrogens (tertiary/aromatic N) is 2. The van der Waals surface area contributed by atoms with Gasteiger partial charge in [-0.15, -0.1) is 0 Å². The molecule has 25 heavy (non-hydrogen) atoms. The molecule has 7 nitrogen and oxygen atoms in total. The lowest BCUT2D eigenvalue weighted by atomic mass is 9.98. The highest BCUT2D eigenvalue weighted by molar-refractivity contribution is 7.89. The molecule has 2 rings (SSSR count). The standard InChI is InChI=1S/C16H20FN3O4S/c1-11(2)7-12(16(21)22)8-19-25(23,24)13-9-18-20(10-13)15-6-4-3-5-14(15)17/h3-6,9-12,19H,7-8H2,1-2H3,(H,21,22). The number of carboxylic acid groups (broad SMARTS) is 1. The lowest BCUT2D eigenvalue weighted by Gasteiger charge is -2.15. The van der Waals surface area contributed by atoms with Gasteiger partial charge in [-0.2, -0.15) is 5.10 Å². The summed E-state index contributed by atoms with van der Waals surface area (Å²) in [5.41, 5.74) is 0.118. The second-order valence-electron chi connectivity index (χ2n) is 6.09. The predicted molar refractivity (Wildman–Crippen MR) is 89.3 cm³/mol. The smallest absolute Gasteiger partial charge is 0.307 e. The van der Waals surface area contributed by atoms with Crippen LogP contribution in [0, 0.1) is 17.7 Å². The van der Waals surface area contributed by atoms with Crippen LogP contribution in [0.4, 0.5) is 4.39 Å². The Balaban J connectivity index is 2.15. The average Bonchev–Trinajstić information content (AvgIpc) is 3.02. The molecule has 1 unspecified atom stereocenters. The first kappa shape index (κ1) is 19.1. The molecule has 0 spiro atoms. The number of benzene rings is 1. The summed E-state index contributed by atoms with van der Waals surface area (Å²) >= 11 is 0. The molecule has 1 heterocycles. The molecule has 9 heteroatoms. The quantitative estimate of drug-likeness (QED) is 0.741. The third kappa shape index (κ3) is 4.86. The molecule has 0 aliphatic rings. The third-order valence-corrected chi connectivity index (χ3v) is 4.97. The van der Waals surface area contributed by atoms with E-state index in [1.807, 2.05) is 13.8 Å². The van der Waals surface area contributed by atoms with Gasteiger partial charge >= 0.3 is 5.97 Å². The van der Waals surface area contributed by atoms with Gasteiger partial charge in [0.25, 0.3) is 0 Å². The number of halogens is 1. The van der Waals surface area contributed by atoms with Gasteiger partial charge in [0, 0.05) is 6.54 Å². The van der Waals surface area contributed by atoms with Crippen molar-refractivity contribution in [2.24, 2.45) is 11.8 Å². The summed E-state index contributed by atoms with van der Waals surface area (Å²) in [6.07, 6.45) is 2.62. The lowest BCUT2D eigenvalue weighted by molar-refractivity contribution is -0.142. The SMILES string of the molecule is CC(C)CC(CNS(=O)(=O)c1cnn(-c2ccccc2F)c1)C(=O)O. The van der Waals surface area contributed by atoms with Gasteiger partial charge in [0.2, 0.25) is 10.0 Å². The number of carboxylic acids is 1. The van der Waals surface area contributed by atoms with Gasteiger partial charge in [-0.3, -0.25) is 4.79 Å². The zero-order valence-corrected chi connectivity index (χ0v) is 14.7. The van der Waals surface area contributed by atoms with Crippen molar-refractivity contribution in [3.63, 3.8) is 0 Å². The number of carbonyl (C=O) groups is 1. The molecule has 136 valence electrons. The largest absolute Gasteiger partial charge is 0.481 e. The van der Waals surface area contributed by atoms with E-state index in [9.17, 15) is 22.7 Å². The second kappa shape index (κ2) is 7.75. The Labute approximate surface area is 145 Å². The maximum atomic E-state index is 13.8. The van der Waals surface area contributed by atoms with Gasteiger partial charge < -0.3 is 5.11 Å². The molecule has 1 atom stereocenters. The van der Waals surface area contributed by atoms with Crippen LogP contribution in [0.5, 0.6) is 0 Å². The topological polar surface area (TPSA) is 101 Å². The van der Waals surface area contributed by atoms with Crippen LogP contribution < -0.4 is 4.72 Å². The molecule has 2 aromatic rings. The number of aliphatic carboxylic acids is 1. The molecule has 2 N–H and O–H groups in total. The number of nitrogens with one attached hydrogen (secondary N) is 1. The fourth-order valence-corrected chi connectivity index (χ4v) is 3.36. The summed E-state index contributed by atoms with van der Waals surface area (Å²) < 4.78 is 41.8. The van der Waals surface area contributed by atoms with E-state index in [0.717, 1.165) is 10.9 Å². The van der Waals surface area contributed by atoms with E-state index in [1.54, 1.807) is 6.07 Å². The van der Waals surface area contributed by atoms with Crippen molar-refractivity contribution in [1.29, 1.82) is 0 Å². The van der Waals surface area contributed by atoms with Crippen LogP contribution in [0.2, 0.25) is 0 Å². The van der Waals surface area contributed by atoms with Crippen molar-refractivity contribution in [2.45, 2.75) is 25.2 Å². The minimum Gasteiger partial charge on any atom is -0.481 e. The normalized spacial score (nSPS) is 13.1. The zero-order chi connectivity index (χ0) is 18.6. The predicted octanol–water partition coefficient (Wildman–Crippen LogP) is 2.04. The summed E-state index contributed by atoms with van der Waals surface area (Å²) in [5.74, 6) is -2.30. The van der Waals surface area contributed by atoms with Gasteiger partial charge in [0.05, 0.1) is 18.3 Å². The molecule has 0 amide bonds. The fourth-order valence-electron chi connectivity index (χ4n) is 2.35. The van der Waals surface area contributed by atoms with Crippen molar-refractivity contribution >= 4 is 16.0 Å². The maximum absolute atomic E-state index is 13.8. The van der Waals surface area contributed by atoms with Crippen LogP contribution in [0.25, 0.3) is 5.69 Å². The van der Waals surface area contributed by atoms with Gasteiger partial charge in [-0.25, -0.2) is 22.2 Å². The number of para-hydroxylation sites is 1. The van der Waals surface area contributed by atoms with E-state index >= 15 is 0 Å². The first-order chi connectivity index (χ1) is 11.7. The Morgan fingerprint density at radius 3 is 2.64 bits per heavy atom. The molecule has 0 saturated heterocycles. The van der Waals surface area contributed by atoms with Crippen molar-refractivity contribution in [1.82, 2.24) is 14.5 Å². The van der Waals surface area contributed by atoms with E-state index in [2.05, 4.69) is 9.82 Å². The van der Waals surface area contributed by atoms with Crippen LogP contribution in [0.1, 0.15) is 20.3 Å². The first-order valence-electron chi connectivity index (χ1n) is 7.72. The molecule has 0 aliphatic heterocycles. The number of hydrogen-bond acceptors (Lipinski definition) is 4. The monoisotopic (exact) mass is 369 g/mol. The zero-order valence-electron chi connectivity index (χ0n) is 13.9. The van der Waals surface area contributed by atoms with Gasteiger partial charge in [0.15, 0.2) is 0 Å². The van der Waals surface area contributed by atoms with E-state index in [-0.39, 0.29) is 23.0 Å². The highest BCUT2D eigenvalue weighted by Gasteiger charge is 2.24. The minimum absolute atomic E-state index is 0.118. The summed E-state index contributed by atoms with van der Waals surface area (Å²) in [4.78, 5) is 11.1. The molecule has 0 fully saturated rings. The van der Waals surface area contributed by atoms with Crippen LogP contribution in [-0.2, 0) is 14.8 Å². The molecule has 0 radical (unpaired) electrons. The lowest BCUT2D eigenvalue weighted by Crippen LogP contribution is -2.33. The fraction of sp³-hybridized carbons (Fsp3) is 0.375. The maximum Gasteiger partial charge on any atom is 0.307 e. The first-order valence-corrected chi connectivity index (χ1v) is 9.21. The van der Waals surface area contributed by atoms with E-state index in [1.165, 1.54) is 24.4 Å². The van der Waals surface area contributed by atoms with Gasteiger partial charge in [-0.05, 0) is 24.5 Å². The van der Waals surface area contributed by atoms with Crippen LogP contribution in [0.15, 0.2) is 41.6 Å². The summed E-state index contributed by atoms with van der Waals surface area (Å²) in [7, 11) is -3.94. The van der Waals surface area contributed by atoms with Crippen LogP contribution >= 0.6 is 0 Å². The molecule has 0 bridgehead atoms. The number of sulfonamides is 1. The van der Waals surface area contributed by atoms with Gasteiger partial charge in [0.1, 0.15) is 16.4 Å². The summed E-state index contributed by atoms with van der Waals surface area (Å²) in [6.45, 7) is 3.51. The molecule has 1 aromatic carbocycles. The summed E-state index contributed by atoms with van der Waals surface area (Å²) in [5, 5.41) is 13.0. The van der Waals surface area contributed by atoms with E-state index in [0.29, 0.717) is 6.42 Å². The van der Waals surface area contributed by atoms with Crippen LogP contribution in [0.3, 0.4) is 0 Å². The van der Waals surface area contributed by atoms with E-state index < -0.39 is 27.7 Å². The van der Waals surface area contributed by atoms with Crippen molar-refractivity contribution < 1.29 is 22.7 Å². The third-order valence-electron chi connectivity index (χ3n) is 3.59. The highest BCUT2D eigenvalue weighted by atomic mass is 32.2. The number of aromatic nitrogens is 2. The van der Waals surface area contributed by atoms with Crippen molar-refractivity contribution in [3.05, 3.63) is 42.5 Å². The van der Waals surface area contributed by atoms with Crippen LogP contribution in [-0.4, -0.2) is 35.8 Å². The van der Waals surface area contributed by atoms with Gasteiger partial charge in [-0.1, -0.05) is 26.0 Å². The van der Waals surface area contributed by atoms with Crippen molar-refractivity contribution in [3.8, 4) is 5.69 Å². The number of hydrogen-bond donors (Lipinski definition) is 2. The second-order valence-corrected chi connectivity index (χ2v) is 7.86. The Morgan fingerprint density at radius 2 is 2.04 bits per heavy atom. The van der Waals surface area contributed by atoms with E-state index in [4.69, 9.17) is 0 Å².